The van der Waals surface area contributed by atoms with E-state index < -0.39 is 0 Å². The molecule has 0 aliphatic heterocycles. The third kappa shape index (κ3) is 24.7. The van der Waals surface area contributed by atoms with E-state index in [1.807, 2.05) is 14.1 Å². The average molecular weight is 280 g/mol. The first-order valence-corrected chi connectivity index (χ1v) is 5.78. The van der Waals surface area contributed by atoms with Crippen molar-refractivity contribution in [1.82, 2.24) is 9.80 Å². The molecule has 7 heteroatoms. The molecule has 0 fully saturated rings. The maximum Gasteiger partial charge on any atom is 0.218 e. The van der Waals surface area contributed by atoms with Gasteiger partial charge in [0.2, 0.25) is 18.3 Å². The minimum atomic E-state index is 0.0926. The van der Waals surface area contributed by atoms with E-state index in [0.717, 1.165) is 11.5 Å². The van der Waals surface area contributed by atoms with E-state index in [4.69, 9.17) is 10.5 Å². The molecular formula is C13H24N6O. The van der Waals surface area contributed by atoms with Crippen molar-refractivity contribution in [2.75, 3.05) is 28.2 Å². The molecule has 0 spiro atoms. The number of hydrogen-bond donors (Lipinski definition) is 0. The van der Waals surface area contributed by atoms with Crippen LogP contribution in [0.3, 0.4) is 0 Å². The van der Waals surface area contributed by atoms with Crippen molar-refractivity contribution in [3.05, 3.63) is 0 Å². The first-order valence-electron chi connectivity index (χ1n) is 5.78. The van der Waals surface area contributed by atoms with Gasteiger partial charge >= 0.3 is 0 Å². The zero-order chi connectivity index (χ0) is 16.7. The highest BCUT2D eigenvalue weighted by molar-refractivity contribution is 5.80. The fraction of sp³-hybridized carbons (Fsp3) is 0.615. The third-order valence-corrected chi connectivity index (χ3v) is 1.76. The summed E-state index contributed by atoms with van der Waals surface area (Å²) in [6, 6.07) is 0. The largest absolute Gasteiger partial charge is 0.366 e. The normalized spacial score (nSPS) is 8.40. The predicted molar refractivity (Wildman–Crippen MR) is 81.2 cm³/mol. The summed E-state index contributed by atoms with van der Waals surface area (Å²) in [5.41, 5.74) is 0.803. The van der Waals surface area contributed by atoms with Crippen LogP contribution in [0.5, 0.6) is 0 Å². The fourth-order valence-corrected chi connectivity index (χ4v) is 0.272. The van der Waals surface area contributed by atoms with Crippen LogP contribution in [-0.4, -0.2) is 55.4 Å². The Morgan fingerprint density at radius 1 is 0.850 bits per heavy atom. The summed E-state index contributed by atoms with van der Waals surface area (Å²) in [6.45, 7) is 6.87. The Labute approximate surface area is 121 Å². The van der Waals surface area contributed by atoms with Gasteiger partial charge < -0.3 is 9.80 Å². The quantitative estimate of drug-likeness (QED) is 0.381. The summed E-state index contributed by atoms with van der Waals surface area (Å²) in [6.07, 6.45) is 3.35. The maximum atomic E-state index is 10.1. The summed E-state index contributed by atoms with van der Waals surface area (Å²) >= 11 is 0. The van der Waals surface area contributed by atoms with E-state index in [9.17, 15) is 4.79 Å². The second-order valence-corrected chi connectivity index (χ2v) is 4.23. The third-order valence-electron chi connectivity index (χ3n) is 1.76. The van der Waals surface area contributed by atoms with Gasteiger partial charge in [0.15, 0.2) is 0 Å². The van der Waals surface area contributed by atoms with Crippen LogP contribution in [-0.2, 0) is 4.79 Å². The fourth-order valence-electron chi connectivity index (χ4n) is 0.272. The number of rotatable bonds is 0. The molecule has 0 aliphatic rings. The zero-order valence-corrected chi connectivity index (χ0v) is 13.6. The molecule has 0 saturated carbocycles. The highest BCUT2D eigenvalue weighted by Crippen LogP contribution is 1.78. The number of nitriles is 2. The topological polar surface area (TPSA) is 95.8 Å². The van der Waals surface area contributed by atoms with Crippen LogP contribution in [0.25, 0.3) is 0 Å². The Morgan fingerprint density at radius 3 is 1.25 bits per heavy atom. The maximum absolute atomic E-state index is 10.1. The van der Waals surface area contributed by atoms with Crippen LogP contribution >= 0.6 is 0 Å². The lowest BCUT2D eigenvalue weighted by atomic mass is 10.5. The molecule has 0 unspecified atom stereocenters. The van der Waals surface area contributed by atoms with Crippen LogP contribution in [0.4, 0.5) is 0 Å². The van der Waals surface area contributed by atoms with Crippen LogP contribution in [0.1, 0.15) is 27.7 Å². The van der Waals surface area contributed by atoms with Gasteiger partial charge in [-0.25, -0.2) is 0 Å². The van der Waals surface area contributed by atoms with Gasteiger partial charge in [0.25, 0.3) is 0 Å². The number of carbonyl (C=O) groups excluding carboxylic acids is 1. The minimum Gasteiger partial charge on any atom is -0.366 e. The minimum absolute atomic E-state index is 0.0926. The van der Waals surface area contributed by atoms with E-state index in [1.165, 1.54) is 11.8 Å². The Balaban J connectivity index is -0.000000221. The Morgan fingerprint density at radius 2 is 1.20 bits per heavy atom. The molecule has 0 aliphatic carbocycles. The molecule has 0 heterocycles. The summed E-state index contributed by atoms with van der Waals surface area (Å²) in [5, 5.41) is 15.8. The van der Waals surface area contributed by atoms with E-state index in [1.54, 1.807) is 52.2 Å². The van der Waals surface area contributed by atoms with Crippen LogP contribution in [0, 0.1) is 22.9 Å². The summed E-state index contributed by atoms with van der Waals surface area (Å²) in [5.74, 6) is 0.822. The molecule has 0 bridgehead atoms. The van der Waals surface area contributed by atoms with Gasteiger partial charge in [-0.05, 0) is 20.8 Å². The van der Waals surface area contributed by atoms with E-state index in [0.29, 0.717) is 0 Å². The highest BCUT2D eigenvalue weighted by atomic mass is 16.2. The molecular weight excluding hydrogens is 256 g/mol. The lowest BCUT2D eigenvalue weighted by molar-refractivity contribution is -0.126. The smallest absolute Gasteiger partial charge is 0.218 e. The van der Waals surface area contributed by atoms with Gasteiger partial charge in [0.1, 0.15) is 5.84 Å². The Bertz CT molecular complexity index is 406. The van der Waals surface area contributed by atoms with Gasteiger partial charge in [0, 0.05) is 40.8 Å². The highest BCUT2D eigenvalue weighted by Gasteiger charge is 1.88. The van der Waals surface area contributed by atoms with Crippen molar-refractivity contribution in [1.29, 1.82) is 10.5 Å². The molecule has 0 rings (SSSR count). The molecule has 0 atom stereocenters. The summed E-state index contributed by atoms with van der Waals surface area (Å²) in [7, 11) is 7.14. The molecule has 1 amide bonds. The van der Waals surface area contributed by atoms with Crippen molar-refractivity contribution in [2.24, 2.45) is 9.98 Å². The number of amides is 1. The Hall–Kier alpha value is -2.41. The van der Waals surface area contributed by atoms with Crippen LogP contribution in [0.2, 0.25) is 0 Å². The van der Waals surface area contributed by atoms with Crippen LogP contribution in [0.15, 0.2) is 9.98 Å². The van der Waals surface area contributed by atoms with Gasteiger partial charge in [-0.3, -0.25) is 4.79 Å². The molecule has 0 radical (unpaired) electrons. The molecule has 0 aromatic carbocycles. The van der Waals surface area contributed by atoms with Crippen molar-refractivity contribution in [3.8, 4) is 12.4 Å². The zero-order valence-electron chi connectivity index (χ0n) is 13.6. The van der Waals surface area contributed by atoms with Crippen molar-refractivity contribution in [3.63, 3.8) is 0 Å². The monoisotopic (exact) mass is 280 g/mol. The first kappa shape index (κ1) is 22.7. The molecule has 0 N–H and O–H groups in total. The Kier molecular flexibility index (Phi) is 16.7. The van der Waals surface area contributed by atoms with E-state index >= 15 is 0 Å². The number of amidine groups is 1. The summed E-state index contributed by atoms with van der Waals surface area (Å²) in [4.78, 5) is 20.2. The average Bonchev–Trinajstić information content (AvgIpc) is 2.30. The van der Waals surface area contributed by atoms with Gasteiger partial charge in [-0.1, -0.05) is 0 Å². The predicted octanol–water partition coefficient (Wildman–Crippen LogP) is 1.49. The SMILES string of the molecule is CC(=NC#N)N(C)C.CC(=O)N(C)C.CC(C)=NC#N. The van der Waals surface area contributed by atoms with Gasteiger partial charge in [-0.2, -0.15) is 20.5 Å². The lowest BCUT2D eigenvalue weighted by Crippen LogP contribution is -2.17. The number of carbonyl (C=O) groups is 1. The van der Waals surface area contributed by atoms with Crippen molar-refractivity contribution >= 4 is 17.5 Å². The van der Waals surface area contributed by atoms with Crippen molar-refractivity contribution in [2.45, 2.75) is 27.7 Å². The molecule has 20 heavy (non-hydrogen) atoms. The van der Waals surface area contributed by atoms with Crippen LogP contribution < -0.4 is 0 Å². The number of aliphatic imine (C=N–C) groups is 2. The van der Waals surface area contributed by atoms with Gasteiger partial charge in [0.05, 0.1) is 0 Å². The molecule has 0 aromatic heterocycles. The molecule has 112 valence electrons. The molecule has 0 aromatic rings. The lowest BCUT2D eigenvalue weighted by Gasteiger charge is -2.07. The second kappa shape index (κ2) is 14.7. The van der Waals surface area contributed by atoms with Gasteiger partial charge in [-0.15, -0.1) is 0 Å². The second-order valence-electron chi connectivity index (χ2n) is 4.23. The molecule has 7 nitrogen and oxygen atoms in total. The first-order chi connectivity index (χ1) is 9.09. The number of hydrogen-bond acceptors (Lipinski definition) is 5. The standard InChI is InChI=1S/C5H9N3.C4H6N2.C4H9NO/c1-5(7-4-6)8(2)3;1-4(2)6-3-5;1-4(6)5(2)3/h1-3H3;1-2H3;1-3H3. The number of nitrogens with zero attached hydrogens (tertiary/aromatic N) is 6. The van der Waals surface area contributed by atoms with E-state index in [-0.39, 0.29) is 5.91 Å². The summed E-state index contributed by atoms with van der Waals surface area (Å²) < 4.78 is 0. The van der Waals surface area contributed by atoms with E-state index in [2.05, 4.69) is 9.98 Å². The van der Waals surface area contributed by atoms with Crippen molar-refractivity contribution < 1.29 is 4.79 Å². The molecule has 0 saturated heterocycles.